The zero-order valence-electron chi connectivity index (χ0n) is 13.3. The van der Waals surface area contributed by atoms with E-state index in [1.165, 1.54) is 18.4 Å². The Balaban J connectivity index is 2.09. The summed E-state index contributed by atoms with van der Waals surface area (Å²) in [6, 6.07) is 4.05. The molecule has 21 heavy (non-hydrogen) atoms. The molecule has 0 saturated carbocycles. The van der Waals surface area contributed by atoms with Gasteiger partial charge < -0.3 is 14.8 Å². The minimum atomic E-state index is 0.276. The van der Waals surface area contributed by atoms with Gasteiger partial charge in [-0.2, -0.15) is 0 Å². The van der Waals surface area contributed by atoms with E-state index in [9.17, 15) is 0 Å². The first-order valence-corrected chi connectivity index (χ1v) is 8.12. The Morgan fingerprint density at radius 2 is 1.81 bits per heavy atom. The van der Waals surface area contributed by atoms with Crippen LogP contribution in [-0.2, 0) is 6.54 Å². The fraction of sp³-hybridized carbons (Fsp3) is 0.625. The van der Waals surface area contributed by atoms with Gasteiger partial charge >= 0.3 is 0 Å². The number of rotatable bonds is 5. The molecule has 1 fully saturated rings. The second-order valence-electron chi connectivity index (χ2n) is 5.89. The summed E-state index contributed by atoms with van der Waals surface area (Å²) >= 11 is 3.50. The minimum absolute atomic E-state index is 0.276. The van der Waals surface area contributed by atoms with Crippen LogP contribution in [0.2, 0.25) is 0 Å². The van der Waals surface area contributed by atoms with Crippen molar-refractivity contribution in [1.82, 2.24) is 10.2 Å². The number of hydrogen-bond acceptors (Lipinski definition) is 4. The maximum atomic E-state index is 5.50. The molecule has 0 radical (unpaired) electrons. The van der Waals surface area contributed by atoms with Gasteiger partial charge in [-0.25, -0.2) is 0 Å². The maximum Gasteiger partial charge on any atom is 0.133 e. The molecule has 1 N–H and O–H groups in total. The van der Waals surface area contributed by atoms with E-state index in [1.54, 1.807) is 14.2 Å². The fourth-order valence-corrected chi connectivity index (χ4v) is 3.23. The topological polar surface area (TPSA) is 33.7 Å². The van der Waals surface area contributed by atoms with Gasteiger partial charge in [0.2, 0.25) is 0 Å². The van der Waals surface area contributed by atoms with E-state index in [-0.39, 0.29) is 5.54 Å². The second kappa shape index (κ2) is 6.99. The molecule has 4 nitrogen and oxygen atoms in total. The van der Waals surface area contributed by atoms with Crippen molar-refractivity contribution in [3.8, 4) is 11.5 Å². The lowest BCUT2D eigenvalue weighted by molar-refractivity contribution is 0.145. The average Bonchev–Trinajstić information content (AvgIpc) is 2.51. The van der Waals surface area contributed by atoms with Crippen molar-refractivity contribution in [3.05, 3.63) is 22.2 Å². The molecular weight excluding hydrogens is 332 g/mol. The lowest BCUT2D eigenvalue weighted by Gasteiger charge is -2.39. The van der Waals surface area contributed by atoms with Crippen molar-refractivity contribution in [2.75, 3.05) is 34.4 Å². The largest absolute Gasteiger partial charge is 0.496 e. The third kappa shape index (κ3) is 3.90. The van der Waals surface area contributed by atoms with Gasteiger partial charge in [-0.05, 0) is 54.9 Å². The normalized spacial score (nSPS) is 18.5. The number of nitrogens with zero attached hydrogens (tertiary/aromatic N) is 1. The molecule has 0 aliphatic carbocycles. The van der Waals surface area contributed by atoms with Crippen LogP contribution < -0.4 is 14.8 Å². The van der Waals surface area contributed by atoms with Crippen LogP contribution in [-0.4, -0.2) is 44.8 Å². The SMILES string of the molecule is CNC1(C)CCN(Cc2cc(OC)c(Br)cc2OC)CC1. The summed E-state index contributed by atoms with van der Waals surface area (Å²) in [6.07, 6.45) is 2.33. The van der Waals surface area contributed by atoms with Crippen molar-refractivity contribution < 1.29 is 9.47 Å². The number of ether oxygens (including phenoxy) is 2. The first kappa shape index (κ1) is 16.6. The molecule has 1 saturated heterocycles. The number of methoxy groups -OCH3 is 2. The lowest BCUT2D eigenvalue weighted by atomic mass is 9.90. The summed E-state index contributed by atoms with van der Waals surface area (Å²) in [7, 11) is 5.46. The van der Waals surface area contributed by atoms with Gasteiger partial charge in [-0.1, -0.05) is 0 Å². The third-order valence-electron chi connectivity index (χ3n) is 4.51. The molecule has 118 valence electrons. The Labute approximate surface area is 135 Å². The van der Waals surface area contributed by atoms with Gasteiger partial charge in [0.15, 0.2) is 0 Å². The number of halogens is 1. The second-order valence-corrected chi connectivity index (χ2v) is 6.74. The minimum Gasteiger partial charge on any atom is -0.496 e. The highest BCUT2D eigenvalue weighted by Crippen LogP contribution is 2.34. The predicted octanol–water partition coefficient (Wildman–Crippen LogP) is 3.04. The molecule has 1 heterocycles. The van der Waals surface area contributed by atoms with Gasteiger partial charge in [-0.15, -0.1) is 0 Å². The molecule has 1 aromatic rings. The monoisotopic (exact) mass is 356 g/mol. The molecule has 0 aromatic heterocycles. The highest BCUT2D eigenvalue weighted by molar-refractivity contribution is 9.10. The first-order valence-electron chi connectivity index (χ1n) is 7.33. The zero-order chi connectivity index (χ0) is 15.5. The molecule has 0 unspecified atom stereocenters. The van der Waals surface area contributed by atoms with E-state index in [1.807, 2.05) is 6.07 Å². The highest BCUT2D eigenvalue weighted by Gasteiger charge is 2.28. The Hall–Kier alpha value is -0.780. The molecule has 2 rings (SSSR count). The van der Waals surface area contributed by atoms with Gasteiger partial charge in [0.05, 0.1) is 18.7 Å². The zero-order valence-corrected chi connectivity index (χ0v) is 14.9. The summed E-state index contributed by atoms with van der Waals surface area (Å²) in [5, 5.41) is 3.44. The van der Waals surface area contributed by atoms with Crippen molar-refractivity contribution in [2.24, 2.45) is 0 Å². The van der Waals surface area contributed by atoms with E-state index >= 15 is 0 Å². The lowest BCUT2D eigenvalue weighted by Crippen LogP contribution is -2.49. The van der Waals surface area contributed by atoms with Crippen molar-refractivity contribution in [2.45, 2.75) is 31.8 Å². The number of nitrogens with one attached hydrogen (secondary N) is 1. The smallest absolute Gasteiger partial charge is 0.133 e. The van der Waals surface area contributed by atoms with Crippen LogP contribution in [0.1, 0.15) is 25.3 Å². The highest BCUT2D eigenvalue weighted by atomic mass is 79.9. The number of likely N-dealkylation sites (tertiary alicyclic amines) is 1. The first-order chi connectivity index (χ1) is 10.0. The van der Waals surface area contributed by atoms with Crippen LogP contribution in [0.3, 0.4) is 0 Å². The average molecular weight is 357 g/mol. The molecule has 1 aromatic carbocycles. The van der Waals surface area contributed by atoms with E-state index < -0.39 is 0 Å². The predicted molar refractivity (Wildman–Crippen MR) is 89.2 cm³/mol. The van der Waals surface area contributed by atoms with Crippen molar-refractivity contribution in [1.29, 1.82) is 0 Å². The molecule has 0 amide bonds. The molecule has 0 bridgehead atoms. The Kier molecular flexibility index (Phi) is 5.52. The number of piperidine rings is 1. The van der Waals surface area contributed by atoms with Crippen LogP contribution in [0.25, 0.3) is 0 Å². The maximum absolute atomic E-state index is 5.50. The van der Waals surface area contributed by atoms with Gasteiger partial charge in [0.1, 0.15) is 11.5 Å². The Morgan fingerprint density at radius 1 is 1.19 bits per heavy atom. The van der Waals surface area contributed by atoms with Gasteiger partial charge in [0, 0.05) is 30.7 Å². The van der Waals surface area contributed by atoms with Crippen molar-refractivity contribution in [3.63, 3.8) is 0 Å². The van der Waals surface area contributed by atoms with Crippen LogP contribution >= 0.6 is 15.9 Å². The number of hydrogen-bond donors (Lipinski definition) is 1. The van der Waals surface area contributed by atoms with Crippen LogP contribution in [0.15, 0.2) is 16.6 Å². The fourth-order valence-electron chi connectivity index (χ4n) is 2.74. The Bertz CT molecular complexity index is 485. The van der Waals surface area contributed by atoms with E-state index in [0.717, 1.165) is 35.6 Å². The van der Waals surface area contributed by atoms with Gasteiger partial charge in [0.25, 0.3) is 0 Å². The molecule has 0 spiro atoms. The quantitative estimate of drug-likeness (QED) is 0.878. The van der Waals surface area contributed by atoms with E-state index in [0.29, 0.717) is 0 Å². The summed E-state index contributed by atoms with van der Waals surface area (Å²) in [5.41, 5.74) is 1.45. The van der Waals surface area contributed by atoms with Crippen LogP contribution in [0.4, 0.5) is 0 Å². The summed E-state index contributed by atoms with van der Waals surface area (Å²) in [5.74, 6) is 1.76. The molecule has 0 atom stereocenters. The molecular formula is C16H25BrN2O2. The standard InChI is InChI=1S/C16H25BrN2O2/c1-16(18-2)5-7-19(8-6-16)11-12-9-15(21-4)13(17)10-14(12)20-3/h9-10,18H,5-8,11H2,1-4H3. The van der Waals surface area contributed by atoms with E-state index in [4.69, 9.17) is 9.47 Å². The summed E-state index contributed by atoms with van der Waals surface area (Å²) < 4.78 is 11.8. The van der Waals surface area contributed by atoms with Gasteiger partial charge in [-0.3, -0.25) is 4.90 Å². The van der Waals surface area contributed by atoms with Crippen LogP contribution in [0.5, 0.6) is 11.5 Å². The van der Waals surface area contributed by atoms with Crippen molar-refractivity contribution >= 4 is 15.9 Å². The molecule has 1 aliphatic rings. The Morgan fingerprint density at radius 3 is 2.33 bits per heavy atom. The molecule has 1 aliphatic heterocycles. The summed E-state index contributed by atoms with van der Waals surface area (Å²) in [4.78, 5) is 2.48. The van der Waals surface area contributed by atoms with E-state index in [2.05, 4.69) is 46.2 Å². The summed E-state index contributed by atoms with van der Waals surface area (Å²) in [6.45, 7) is 5.39. The van der Waals surface area contributed by atoms with Crippen LogP contribution in [0, 0.1) is 0 Å². The third-order valence-corrected chi connectivity index (χ3v) is 5.13. The number of benzene rings is 1. The molecule has 5 heteroatoms.